The van der Waals surface area contributed by atoms with E-state index in [1.54, 1.807) is 0 Å². The van der Waals surface area contributed by atoms with Crippen molar-refractivity contribution in [2.45, 2.75) is 427 Å². The van der Waals surface area contributed by atoms with Gasteiger partial charge in [-0.15, -0.1) is 0 Å². The molecule has 0 aromatic carbocycles. The molecule has 5 atom stereocenters. The SMILES string of the molecule is CC(C)CCCCCCCCCCCCCCCCCCCCC(=O)OC[C@H](COP(=O)(O)OCC(O)COP(=O)(O)OC[C@@H](COC(=O)CCCCCCCCC(C)C)OC(=O)CCCCCCCCCCCCCCCCCC(C)C)OC(=O)CCCCCCCCCCC(C)C. The molecule has 0 bridgehead atoms. The summed E-state index contributed by atoms with van der Waals surface area (Å²) in [7, 11) is -9.92. The van der Waals surface area contributed by atoms with Crippen LogP contribution in [0.15, 0.2) is 0 Å². The minimum absolute atomic E-state index is 0.105. The Hall–Kier alpha value is -1.94. The number of phosphoric ester groups is 2. The molecule has 0 saturated heterocycles. The van der Waals surface area contributed by atoms with Crippen LogP contribution in [0.4, 0.5) is 0 Å². The standard InChI is InChI=1S/C80H156O17P2/c1-70(2)56-48-40-32-26-22-18-14-11-9-10-12-16-20-24-28-35-44-52-60-77(82)90-66-75(97-80(85)63-55-47-37-31-30-34-42-50-58-72(5)6)68-94-98(86,87)92-64-74(81)65-93-99(88,89)95-69-76(67-91-78(83)61-53-45-39-38-43-51-59-73(7)8)96-79(84)62-54-46-36-29-25-21-17-13-15-19-23-27-33-41-49-57-71(3)4/h70-76,81H,9-69H2,1-8H3,(H,86,87)(H,88,89)/t74?,75-,76-/m1/s1. The van der Waals surface area contributed by atoms with Gasteiger partial charge in [-0.25, -0.2) is 9.13 Å². The van der Waals surface area contributed by atoms with Gasteiger partial charge in [-0.1, -0.05) is 357 Å². The number of hydrogen-bond acceptors (Lipinski definition) is 15. The number of aliphatic hydroxyl groups excluding tert-OH is 1. The topological polar surface area (TPSA) is 237 Å². The fourth-order valence-corrected chi connectivity index (χ4v) is 13.8. The number of rotatable bonds is 77. The molecule has 0 heterocycles. The molecule has 3 N–H and O–H groups in total. The molecule has 588 valence electrons. The van der Waals surface area contributed by atoms with E-state index in [1.807, 2.05) is 0 Å². The molecule has 0 spiro atoms. The zero-order chi connectivity index (χ0) is 73.1. The Morgan fingerprint density at radius 3 is 0.626 bits per heavy atom. The molecule has 3 unspecified atom stereocenters. The number of carbonyl (C=O) groups is 4. The van der Waals surface area contributed by atoms with Gasteiger partial charge in [0.1, 0.15) is 19.3 Å². The molecule has 17 nitrogen and oxygen atoms in total. The normalized spacial score (nSPS) is 14.1. The molecular weight excluding hydrogens is 1290 g/mol. The highest BCUT2D eigenvalue weighted by Crippen LogP contribution is 2.45. The Morgan fingerprint density at radius 1 is 0.253 bits per heavy atom. The van der Waals surface area contributed by atoms with E-state index < -0.39 is 97.5 Å². The van der Waals surface area contributed by atoms with Crippen molar-refractivity contribution in [2.24, 2.45) is 23.7 Å². The second kappa shape index (κ2) is 69.1. The maximum atomic E-state index is 13.1. The molecule has 99 heavy (non-hydrogen) atoms. The van der Waals surface area contributed by atoms with Crippen LogP contribution in [-0.4, -0.2) is 96.7 Å². The van der Waals surface area contributed by atoms with Gasteiger partial charge < -0.3 is 33.8 Å². The quantitative estimate of drug-likeness (QED) is 0.0222. The van der Waals surface area contributed by atoms with E-state index >= 15 is 0 Å². The lowest BCUT2D eigenvalue weighted by Crippen LogP contribution is -2.30. The third kappa shape index (κ3) is 74.1. The molecular formula is C80H156O17P2. The Morgan fingerprint density at radius 2 is 0.424 bits per heavy atom. The van der Waals surface area contributed by atoms with Crippen LogP contribution in [0.3, 0.4) is 0 Å². The highest BCUT2D eigenvalue weighted by Gasteiger charge is 2.30. The van der Waals surface area contributed by atoms with Crippen LogP contribution in [-0.2, 0) is 65.4 Å². The largest absolute Gasteiger partial charge is 0.472 e. The van der Waals surface area contributed by atoms with Crippen molar-refractivity contribution in [3.8, 4) is 0 Å². The van der Waals surface area contributed by atoms with Crippen LogP contribution >= 0.6 is 15.6 Å². The summed E-state index contributed by atoms with van der Waals surface area (Å²) in [6, 6.07) is 0. The number of ether oxygens (including phenoxy) is 4. The van der Waals surface area contributed by atoms with Crippen LogP contribution in [0.1, 0.15) is 409 Å². The third-order valence-electron chi connectivity index (χ3n) is 18.6. The van der Waals surface area contributed by atoms with Crippen molar-refractivity contribution >= 4 is 39.5 Å². The van der Waals surface area contributed by atoms with Gasteiger partial charge in [0, 0.05) is 25.7 Å². The van der Waals surface area contributed by atoms with E-state index in [2.05, 4.69) is 55.4 Å². The number of phosphoric acid groups is 2. The van der Waals surface area contributed by atoms with Gasteiger partial charge in [0.15, 0.2) is 12.2 Å². The van der Waals surface area contributed by atoms with Crippen molar-refractivity contribution < 1.29 is 80.2 Å². The molecule has 0 aromatic heterocycles. The van der Waals surface area contributed by atoms with Crippen molar-refractivity contribution in [1.82, 2.24) is 0 Å². The van der Waals surface area contributed by atoms with Crippen LogP contribution < -0.4 is 0 Å². The van der Waals surface area contributed by atoms with Crippen molar-refractivity contribution in [1.29, 1.82) is 0 Å². The van der Waals surface area contributed by atoms with Crippen LogP contribution in [0, 0.1) is 23.7 Å². The van der Waals surface area contributed by atoms with E-state index in [0.717, 1.165) is 114 Å². The second-order valence-corrected chi connectivity index (χ2v) is 33.6. The Bertz CT molecular complexity index is 1940. The van der Waals surface area contributed by atoms with Gasteiger partial charge in [0.2, 0.25) is 0 Å². The van der Waals surface area contributed by atoms with Crippen molar-refractivity contribution in [3.05, 3.63) is 0 Å². The molecule has 0 aliphatic carbocycles. The molecule has 0 fully saturated rings. The second-order valence-electron chi connectivity index (χ2n) is 30.7. The number of esters is 4. The monoisotopic (exact) mass is 1450 g/mol. The van der Waals surface area contributed by atoms with E-state index in [0.29, 0.717) is 31.6 Å². The average Bonchev–Trinajstić information content (AvgIpc) is 1.08. The van der Waals surface area contributed by atoms with E-state index in [1.165, 1.54) is 205 Å². The first-order valence-corrected chi connectivity index (χ1v) is 44.2. The molecule has 0 aliphatic heterocycles. The highest BCUT2D eigenvalue weighted by molar-refractivity contribution is 7.47. The summed E-state index contributed by atoms with van der Waals surface area (Å²) < 4.78 is 68.6. The molecule has 0 amide bonds. The predicted octanol–water partition coefficient (Wildman–Crippen LogP) is 23.6. The summed E-state index contributed by atoms with van der Waals surface area (Å²) >= 11 is 0. The highest BCUT2D eigenvalue weighted by atomic mass is 31.2. The lowest BCUT2D eigenvalue weighted by atomic mass is 10.0. The molecule has 0 saturated carbocycles. The third-order valence-corrected chi connectivity index (χ3v) is 20.5. The minimum atomic E-state index is -4.96. The van der Waals surface area contributed by atoms with Gasteiger partial charge in [-0.3, -0.25) is 37.3 Å². The van der Waals surface area contributed by atoms with Gasteiger partial charge in [0.05, 0.1) is 26.4 Å². The summed E-state index contributed by atoms with van der Waals surface area (Å²) in [6.45, 7) is 14.2. The van der Waals surface area contributed by atoms with Crippen LogP contribution in [0.5, 0.6) is 0 Å². The number of hydrogen-bond donors (Lipinski definition) is 3. The van der Waals surface area contributed by atoms with Crippen LogP contribution in [0.2, 0.25) is 0 Å². The Balaban J connectivity index is 5.14. The zero-order valence-electron chi connectivity index (χ0n) is 65.1. The lowest BCUT2D eigenvalue weighted by Gasteiger charge is -2.21. The van der Waals surface area contributed by atoms with Crippen molar-refractivity contribution in [3.63, 3.8) is 0 Å². The van der Waals surface area contributed by atoms with E-state index in [9.17, 15) is 43.2 Å². The van der Waals surface area contributed by atoms with Crippen molar-refractivity contribution in [2.75, 3.05) is 39.6 Å². The molecule has 0 aromatic rings. The lowest BCUT2D eigenvalue weighted by molar-refractivity contribution is -0.161. The Labute approximate surface area is 607 Å². The average molecular weight is 1450 g/mol. The first-order valence-electron chi connectivity index (χ1n) is 41.2. The molecule has 0 radical (unpaired) electrons. The van der Waals surface area contributed by atoms with Crippen LogP contribution in [0.25, 0.3) is 0 Å². The first kappa shape index (κ1) is 97.1. The fourth-order valence-electron chi connectivity index (χ4n) is 12.3. The maximum Gasteiger partial charge on any atom is 0.472 e. The summed E-state index contributed by atoms with van der Waals surface area (Å²) in [6.07, 6.45) is 55.9. The smallest absolute Gasteiger partial charge is 0.462 e. The van der Waals surface area contributed by atoms with Gasteiger partial charge in [-0.2, -0.15) is 0 Å². The summed E-state index contributed by atoms with van der Waals surface area (Å²) in [5, 5.41) is 10.6. The summed E-state index contributed by atoms with van der Waals surface area (Å²) in [5.74, 6) is 0.903. The van der Waals surface area contributed by atoms with E-state index in [-0.39, 0.29) is 25.7 Å². The predicted molar refractivity (Wildman–Crippen MR) is 404 cm³/mol. The minimum Gasteiger partial charge on any atom is -0.462 e. The fraction of sp³-hybridized carbons (Fsp3) is 0.950. The van der Waals surface area contributed by atoms with Gasteiger partial charge in [-0.05, 0) is 49.4 Å². The number of carbonyl (C=O) groups excluding carboxylic acids is 4. The van der Waals surface area contributed by atoms with Gasteiger partial charge >= 0.3 is 39.5 Å². The summed E-state index contributed by atoms with van der Waals surface area (Å²) in [4.78, 5) is 72.9. The number of unbranched alkanes of at least 4 members (excludes halogenated alkanes) is 43. The maximum absolute atomic E-state index is 13.1. The summed E-state index contributed by atoms with van der Waals surface area (Å²) in [5.41, 5.74) is 0. The number of aliphatic hydroxyl groups is 1. The molecule has 19 heteroatoms. The Kier molecular flexibility index (Phi) is 67.8. The zero-order valence-corrected chi connectivity index (χ0v) is 66.9. The molecule has 0 rings (SSSR count). The van der Waals surface area contributed by atoms with Gasteiger partial charge in [0.25, 0.3) is 0 Å². The molecule has 0 aliphatic rings. The first-order chi connectivity index (χ1) is 47.6. The van der Waals surface area contributed by atoms with E-state index in [4.69, 9.17) is 37.0 Å².